The van der Waals surface area contributed by atoms with Crippen LogP contribution in [0.15, 0.2) is 51.8 Å². The molecule has 0 radical (unpaired) electrons. The maximum Gasteiger partial charge on any atom is 0.307 e. The minimum atomic E-state index is -0.810. The molecule has 104 valence electrons. The lowest BCUT2D eigenvalue weighted by Crippen LogP contribution is -1.99. The smallest absolute Gasteiger partial charge is 0.307 e. The van der Waals surface area contributed by atoms with Crippen LogP contribution >= 0.6 is 27.7 Å². The molecule has 2 rings (SSSR count). The van der Waals surface area contributed by atoms with Crippen molar-refractivity contribution in [2.75, 3.05) is 5.73 Å². The number of benzene rings is 2. The van der Waals surface area contributed by atoms with Gasteiger partial charge in [0.25, 0.3) is 0 Å². The van der Waals surface area contributed by atoms with Crippen LogP contribution < -0.4 is 5.73 Å². The number of nitrogen functional groups attached to an aromatic ring is 1. The van der Waals surface area contributed by atoms with E-state index in [-0.39, 0.29) is 6.42 Å². The van der Waals surface area contributed by atoms with Gasteiger partial charge in [-0.1, -0.05) is 40.2 Å². The van der Waals surface area contributed by atoms with E-state index in [1.54, 1.807) is 11.8 Å². The van der Waals surface area contributed by atoms with Crippen molar-refractivity contribution < 1.29 is 9.90 Å². The lowest BCUT2D eigenvalue weighted by Gasteiger charge is -2.06. The SMILES string of the molecule is Nc1cc(Br)ccc1SCc1ccc(CC(=O)O)cc1. The highest BCUT2D eigenvalue weighted by Crippen LogP contribution is 2.30. The van der Waals surface area contributed by atoms with Crippen LogP contribution in [0.25, 0.3) is 0 Å². The Labute approximate surface area is 130 Å². The summed E-state index contributed by atoms with van der Waals surface area (Å²) in [4.78, 5) is 11.7. The number of hydrogen-bond donors (Lipinski definition) is 2. The molecule has 0 unspecified atom stereocenters. The minimum absolute atomic E-state index is 0.0626. The lowest BCUT2D eigenvalue weighted by molar-refractivity contribution is -0.136. The van der Waals surface area contributed by atoms with Crippen molar-refractivity contribution in [3.8, 4) is 0 Å². The molecular weight excluding hydrogens is 338 g/mol. The number of rotatable bonds is 5. The summed E-state index contributed by atoms with van der Waals surface area (Å²) in [6.07, 6.45) is 0.0626. The van der Waals surface area contributed by atoms with Gasteiger partial charge in [0.1, 0.15) is 0 Å². The molecule has 3 nitrogen and oxygen atoms in total. The van der Waals surface area contributed by atoms with E-state index in [1.807, 2.05) is 42.5 Å². The molecule has 0 atom stereocenters. The molecule has 0 aromatic heterocycles. The first kappa shape index (κ1) is 14.9. The zero-order valence-electron chi connectivity index (χ0n) is 10.7. The predicted molar refractivity (Wildman–Crippen MR) is 85.9 cm³/mol. The Bertz CT molecular complexity index is 614. The molecule has 0 saturated heterocycles. The first-order valence-corrected chi connectivity index (χ1v) is 7.80. The van der Waals surface area contributed by atoms with Gasteiger partial charge in [0.2, 0.25) is 0 Å². The van der Waals surface area contributed by atoms with E-state index in [9.17, 15) is 4.79 Å². The Morgan fingerprint density at radius 2 is 1.80 bits per heavy atom. The third-order valence-corrected chi connectivity index (χ3v) is 4.40. The van der Waals surface area contributed by atoms with Gasteiger partial charge in [-0.3, -0.25) is 4.79 Å². The summed E-state index contributed by atoms with van der Waals surface area (Å²) in [5, 5.41) is 8.72. The van der Waals surface area contributed by atoms with Gasteiger partial charge in [0.05, 0.1) is 6.42 Å². The Hall–Kier alpha value is -1.46. The molecule has 5 heteroatoms. The van der Waals surface area contributed by atoms with Crippen molar-refractivity contribution in [3.63, 3.8) is 0 Å². The molecule has 0 aliphatic heterocycles. The summed E-state index contributed by atoms with van der Waals surface area (Å²) >= 11 is 5.05. The molecule has 0 aliphatic carbocycles. The van der Waals surface area contributed by atoms with Crippen LogP contribution in [-0.2, 0) is 17.0 Å². The molecule has 0 fully saturated rings. The highest BCUT2D eigenvalue weighted by atomic mass is 79.9. The second kappa shape index (κ2) is 6.81. The fourth-order valence-corrected chi connectivity index (χ4v) is 3.02. The topological polar surface area (TPSA) is 63.3 Å². The normalized spacial score (nSPS) is 10.4. The van der Waals surface area contributed by atoms with Gasteiger partial charge in [-0.2, -0.15) is 0 Å². The van der Waals surface area contributed by atoms with Crippen LogP contribution in [0.2, 0.25) is 0 Å². The summed E-state index contributed by atoms with van der Waals surface area (Å²) in [5.41, 5.74) is 8.66. The van der Waals surface area contributed by atoms with Gasteiger partial charge >= 0.3 is 5.97 Å². The summed E-state index contributed by atoms with van der Waals surface area (Å²) in [6, 6.07) is 13.5. The molecule has 20 heavy (non-hydrogen) atoms. The second-order valence-electron chi connectivity index (χ2n) is 4.36. The number of halogens is 1. The van der Waals surface area contributed by atoms with E-state index in [2.05, 4.69) is 15.9 Å². The van der Waals surface area contributed by atoms with Crippen LogP contribution in [0, 0.1) is 0 Å². The summed E-state index contributed by atoms with van der Waals surface area (Å²) < 4.78 is 0.970. The summed E-state index contributed by atoms with van der Waals surface area (Å²) in [5.74, 6) is -0.00566. The number of hydrogen-bond acceptors (Lipinski definition) is 3. The Kier molecular flexibility index (Phi) is 5.09. The molecule has 2 aromatic carbocycles. The average Bonchev–Trinajstić information content (AvgIpc) is 2.39. The third kappa shape index (κ3) is 4.28. The Morgan fingerprint density at radius 1 is 1.15 bits per heavy atom. The quantitative estimate of drug-likeness (QED) is 0.632. The molecule has 0 spiro atoms. The first-order chi connectivity index (χ1) is 9.54. The predicted octanol–water partition coefficient (Wildman–Crippen LogP) is 3.95. The van der Waals surface area contributed by atoms with Gasteiger partial charge in [-0.15, -0.1) is 11.8 Å². The molecule has 0 saturated carbocycles. The molecule has 2 aromatic rings. The Morgan fingerprint density at radius 3 is 2.40 bits per heavy atom. The van der Waals surface area contributed by atoms with Crippen molar-refractivity contribution in [2.24, 2.45) is 0 Å². The van der Waals surface area contributed by atoms with Gasteiger partial charge in [-0.25, -0.2) is 0 Å². The van der Waals surface area contributed by atoms with Crippen molar-refractivity contribution >= 4 is 39.3 Å². The van der Waals surface area contributed by atoms with Gasteiger partial charge in [0.15, 0.2) is 0 Å². The van der Waals surface area contributed by atoms with Gasteiger partial charge in [-0.05, 0) is 29.3 Å². The van der Waals surface area contributed by atoms with Crippen molar-refractivity contribution in [1.82, 2.24) is 0 Å². The maximum atomic E-state index is 10.6. The molecule has 0 heterocycles. The fraction of sp³-hybridized carbons (Fsp3) is 0.133. The van der Waals surface area contributed by atoms with Crippen molar-refractivity contribution in [3.05, 3.63) is 58.1 Å². The molecular formula is C15H14BrNO2S. The number of carboxylic acid groups (broad SMARTS) is 1. The lowest BCUT2D eigenvalue weighted by atomic mass is 10.1. The summed E-state index contributed by atoms with van der Waals surface area (Å²) in [6.45, 7) is 0. The zero-order chi connectivity index (χ0) is 14.5. The van der Waals surface area contributed by atoms with Crippen molar-refractivity contribution in [1.29, 1.82) is 0 Å². The van der Waals surface area contributed by atoms with Crippen LogP contribution in [0.5, 0.6) is 0 Å². The largest absolute Gasteiger partial charge is 0.481 e. The number of carboxylic acids is 1. The third-order valence-electron chi connectivity index (χ3n) is 2.74. The Balaban J connectivity index is 1.98. The number of nitrogens with two attached hydrogens (primary N) is 1. The second-order valence-corrected chi connectivity index (χ2v) is 6.29. The van der Waals surface area contributed by atoms with Crippen LogP contribution in [0.3, 0.4) is 0 Å². The van der Waals surface area contributed by atoms with E-state index in [0.29, 0.717) is 0 Å². The average molecular weight is 352 g/mol. The zero-order valence-corrected chi connectivity index (χ0v) is 13.1. The van der Waals surface area contributed by atoms with E-state index in [1.165, 1.54) is 0 Å². The number of anilines is 1. The van der Waals surface area contributed by atoms with E-state index >= 15 is 0 Å². The summed E-state index contributed by atoms with van der Waals surface area (Å²) in [7, 11) is 0. The highest BCUT2D eigenvalue weighted by molar-refractivity contribution is 9.10. The molecule has 3 N–H and O–H groups in total. The van der Waals surface area contributed by atoms with E-state index < -0.39 is 5.97 Å². The van der Waals surface area contributed by atoms with Gasteiger partial charge in [0, 0.05) is 20.8 Å². The molecule has 0 bridgehead atoms. The number of thioether (sulfide) groups is 1. The van der Waals surface area contributed by atoms with E-state index in [4.69, 9.17) is 10.8 Å². The van der Waals surface area contributed by atoms with Gasteiger partial charge < -0.3 is 10.8 Å². The molecule has 0 aliphatic rings. The van der Waals surface area contributed by atoms with Crippen LogP contribution in [-0.4, -0.2) is 11.1 Å². The van der Waals surface area contributed by atoms with E-state index in [0.717, 1.165) is 31.9 Å². The fourth-order valence-electron chi connectivity index (χ4n) is 1.74. The van der Waals surface area contributed by atoms with Crippen molar-refractivity contribution in [2.45, 2.75) is 17.1 Å². The number of carbonyl (C=O) groups is 1. The van der Waals surface area contributed by atoms with Crippen LogP contribution in [0.4, 0.5) is 5.69 Å². The van der Waals surface area contributed by atoms with Crippen LogP contribution in [0.1, 0.15) is 11.1 Å². The minimum Gasteiger partial charge on any atom is -0.481 e. The first-order valence-electron chi connectivity index (χ1n) is 6.02. The monoisotopic (exact) mass is 351 g/mol. The number of aliphatic carboxylic acids is 1. The maximum absolute atomic E-state index is 10.6. The highest BCUT2D eigenvalue weighted by Gasteiger charge is 2.03. The standard InChI is InChI=1S/C15H14BrNO2S/c16-12-5-6-14(13(17)8-12)20-9-11-3-1-10(2-4-11)7-15(18)19/h1-6,8H,7,9,17H2,(H,18,19). The molecule has 0 amide bonds.